The van der Waals surface area contributed by atoms with E-state index in [2.05, 4.69) is 5.32 Å². The molecule has 1 unspecified atom stereocenters. The lowest BCUT2D eigenvalue weighted by Crippen LogP contribution is -2.33. The summed E-state index contributed by atoms with van der Waals surface area (Å²) in [5.74, 6) is -1.72. The van der Waals surface area contributed by atoms with Crippen molar-refractivity contribution in [3.8, 4) is 0 Å². The van der Waals surface area contributed by atoms with E-state index >= 15 is 0 Å². The molecule has 0 spiro atoms. The molecule has 1 atom stereocenters. The van der Waals surface area contributed by atoms with Crippen LogP contribution in [-0.2, 0) is 4.79 Å². The molecule has 1 aromatic rings. The highest BCUT2D eigenvalue weighted by molar-refractivity contribution is 6.31. The zero-order valence-electron chi connectivity index (χ0n) is 11.1. The van der Waals surface area contributed by atoms with Gasteiger partial charge in [0.05, 0.1) is 5.92 Å². The maximum absolute atomic E-state index is 12.0. The van der Waals surface area contributed by atoms with Crippen LogP contribution in [0.3, 0.4) is 0 Å². The zero-order valence-corrected chi connectivity index (χ0v) is 11.8. The van der Waals surface area contributed by atoms with Crippen LogP contribution < -0.4 is 5.32 Å². The Kier molecular flexibility index (Phi) is 5.83. The van der Waals surface area contributed by atoms with Gasteiger partial charge in [-0.15, -0.1) is 0 Å². The molecule has 0 bridgehead atoms. The smallest absolute Gasteiger partial charge is 0.308 e. The van der Waals surface area contributed by atoms with E-state index in [1.807, 2.05) is 13.8 Å². The van der Waals surface area contributed by atoms with Gasteiger partial charge in [0.15, 0.2) is 0 Å². The number of amides is 1. The lowest BCUT2D eigenvalue weighted by atomic mass is 10.0. The highest BCUT2D eigenvalue weighted by Crippen LogP contribution is 2.15. The molecule has 5 heteroatoms. The Labute approximate surface area is 117 Å². The van der Waals surface area contributed by atoms with Crippen LogP contribution in [0.15, 0.2) is 18.2 Å². The second kappa shape index (κ2) is 7.14. The Bertz CT molecular complexity index is 474. The minimum absolute atomic E-state index is 0.133. The number of aryl methyl sites for hydroxylation is 1. The number of rotatable bonds is 6. The van der Waals surface area contributed by atoms with Gasteiger partial charge in [-0.05, 0) is 31.0 Å². The average molecular weight is 284 g/mol. The molecule has 19 heavy (non-hydrogen) atoms. The number of carbonyl (C=O) groups excluding carboxylic acids is 1. The van der Waals surface area contributed by atoms with Crippen LogP contribution in [0.5, 0.6) is 0 Å². The number of benzene rings is 1. The molecule has 1 aromatic carbocycles. The first-order chi connectivity index (χ1) is 8.95. The van der Waals surface area contributed by atoms with E-state index in [1.165, 1.54) is 0 Å². The van der Waals surface area contributed by atoms with Gasteiger partial charge in [0, 0.05) is 17.1 Å². The third-order valence-corrected chi connectivity index (χ3v) is 3.17. The molecule has 0 aromatic heterocycles. The fourth-order valence-corrected chi connectivity index (χ4v) is 1.98. The van der Waals surface area contributed by atoms with Crippen molar-refractivity contribution in [3.63, 3.8) is 0 Å². The van der Waals surface area contributed by atoms with Crippen molar-refractivity contribution in [1.82, 2.24) is 5.32 Å². The Balaban J connectivity index is 2.69. The fraction of sp³-hybridized carbons (Fsp3) is 0.429. The lowest BCUT2D eigenvalue weighted by molar-refractivity contribution is -0.141. The van der Waals surface area contributed by atoms with Gasteiger partial charge in [-0.1, -0.05) is 31.0 Å². The van der Waals surface area contributed by atoms with Gasteiger partial charge in [-0.25, -0.2) is 0 Å². The number of aliphatic carboxylic acids is 1. The number of nitrogens with one attached hydrogen (secondary N) is 1. The predicted octanol–water partition coefficient (Wildman–Crippen LogP) is 2.88. The van der Waals surface area contributed by atoms with Gasteiger partial charge in [0.1, 0.15) is 0 Å². The summed E-state index contributed by atoms with van der Waals surface area (Å²) in [4.78, 5) is 23.0. The second-order valence-electron chi connectivity index (χ2n) is 4.49. The van der Waals surface area contributed by atoms with Crippen LogP contribution >= 0.6 is 11.6 Å². The minimum atomic E-state index is -0.884. The van der Waals surface area contributed by atoms with Crippen molar-refractivity contribution in [2.75, 3.05) is 6.54 Å². The van der Waals surface area contributed by atoms with Gasteiger partial charge >= 0.3 is 5.97 Å². The van der Waals surface area contributed by atoms with Crippen molar-refractivity contribution in [2.45, 2.75) is 26.7 Å². The monoisotopic (exact) mass is 283 g/mol. The normalized spacial score (nSPS) is 11.9. The summed E-state index contributed by atoms with van der Waals surface area (Å²) < 4.78 is 0. The average Bonchev–Trinajstić information content (AvgIpc) is 2.36. The Morgan fingerprint density at radius 1 is 1.42 bits per heavy atom. The van der Waals surface area contributed by atoms with Gasteiger partial charge in [-0.2, -0.15) is 0 Å². The standard InChI is InChI=1S/C14H18ClNO3/c1-3-4-10(14(18)19)8-16-13(17)12-7-11(15)6-5-9(12)2/h5-7,10H,3-4,8H2,1-2H3,(H,16,17)(H,18,19). The first-order valence-corrected chi connectivity index (χ1v) is 6.60. The third kappa shape index (κ3) is 4.56. The van der Waals surface area contributed by atoms with E-state index in [9.17, 15) is 9.59 Å². The summed E-state index contributed by atoms with van der Waals surface area (Å²) in [6.07, 6.45) is 1.31. The Morgan fingerprint density at radius 2 is 2.11 bits per heavy atom. The van der Waals surface area contributed by atoms with Crippen molar-refractivity contribution in [1.29, 1.82) is 0 Å². The van der Waals surface area contributed by atoms with Crippen LogP contribution in [0, 0.1) is 12.8 Å². The van der Waals surface area contributed by atoms with Crippen LogP contribution in [0.4, 0.5) is 0 Å². The molecule has 0 fully saturated rings. The molecule has 0 saturated carbocycles. The number of hydrogen-bond donors (Lipinski definition) is 2. The van der Waals surface area contributed by atoms with Crippen LogP contribution in [0.25, 0.3) is 0 Å². The molecule has 0 aliphatic carbocycles. The summed E-state index contributed by atoms with van der Waals surface area (Å²) in [5.41, 5.74) is 1.29. The van der Waals surface area contributed by atoms with Crippen molar-refractivity contribution in [3.05, 3.63) is 34.3 Å². The highest BCUT2D eigenvalue weighted by atomic mass is 35.5. The molecule has 0 radical (unpaired) electrons. The predicted molar refractivity (Wildman–Crippen MR) is 74.6 cm³/mol. The molecule has 104 valence electrons. The summed E-state index contributed by atoms with van der Waals surface area (Å²) in [7, 11) is 0. The molecule has 0 saturated heterocycles. The molecule has 0 aliphatic heterocycles. The Morgan fingerprint density at radius 3 is 2.68 bits per heavy atom. The fourth-order valence-electron chi connectivity index (χ4n) is 1.81. The molecular formula is C14H18ClNO3. The highest BCUT2D eigenvalue weighted by Gasteiger charge is 2.18. The van der Waals surface area contributed by atoms with Crippen LogP contribution in [-0.4, -0.2) is 23.5 Å². The number of halogens is 1. The molecule has 1 amide bonds. The van der Waals surface area contributed by atoms with Crippen molar-refractivity contribution >= 4 is 23.5 Å². The maximum atomic E-state index is 12.0. The van der Waals surface area contributed by atoms with Crippen LogP contribution in [0.2, 0.25) is 5.02 Å². The molecule has 2 N–H and O–H groups in total. The summed E-state index contributed by atoms with van der Waals surface area (Å²) in [5, 5.41) is 12.2. The number of carboxylic acid groups (broad SMARTS) is 1. The molecule has 1 rings (SSSR count). The van der Waals surface area contributed by atoms with E-state index in [0.717, 1.165) is 12.0 Å². The summed E-state index contributed by atoms with van der Waals surface area (Å²) in [6, 6.07) is 5.06. The van der Waals surface area contributed by atoms with Crippen molar-refractivity contribution in [2.24, 2.45) is 5.92 Å². The van der Waals surface area contributed by atoms with E-state index in [1.54, 1.807) is 18.2 Å². The maximum Gasteiger partial charge on any atom is 0.308 e. The third-order valence-electron chi connectivity index (χ3n) is 2.94. The number of carbonyl (C=O) groups is 2. The van der Waals surface area contributed by atoms with Gasteiger partial charge in [0.25, 0.3) is 5.91 Å². The Hall–Kier alpha value is -1.55. The topological polar surface area (TPSA) is 66.4 Å². The quantitative estimate of drug-likeness (QED) is 0.843. The van der Waals surface area contributed by atoms with E-state index in [-0.39, 0.29) is 12.5 Å². The molecular weight excluding hydrogens is 266 g/mol. The second-order valence-corrected chi connectivity index (χ2v) is 4.93. The number of carboxylic acids is 1. The largest absolute Gasteiger partial charge is 0.481 e. The van der Waals surface area contributed by atoms with Crippen LogP contribution in [0.1, 0.15) is 35.7 Å². The lowest BCUT2D eigenvalue weighted by Gasteiger charge is -2.13. The minimum Gasteiger partial charge on any atom is -0.481 e. The van der Waals surface area contributed by atoms with E-state index in [0.29, 0.717) is 17.0 Å². The SMILES string of the molecule is CCCC(CNC(=O)c1cc(Cl)ccc1C)C(=O)O. The summed E-state index contributed by atoms with van der Waals surface area (Å²) in [6.45, 7) is 3.86. The van der Waals surface area contributed by atoms with Gasteiger partial charge in [0.2, 0.25) is 0 Å². The van der Waals surface area contributed by atoms with Crippen molar-refractivity contribution < 1.29 is 14.7 Å². The van der Waals surface area contributed by atoms with E-state index in [4.69, 9.17) is 16.7 Å². The van der Waals surface area contributed by atoms with Gasteiger partial charge < -0.3 is 10.4 Å². The molecule has 0 aliphatic rings. The zero-order chi connectivity index (χ0) is 14.4. The first-order valence-electron chi connectivity index (χ1n) is 6.22. The summed E-state index contributed by atoms with van der Waals surface area (Å²) >= 11 is 5.85. The first kappa shape index (κ1) is 15.5. The molecule has 0 heterocycles. The number of hydrogen-bond acceptors (Lipinski definition) is 2. The van der Waals surface area contributed by atoms with Gasteiger partial charge in [-0.3, -0.25) is 9.59 Å². The van der Waals surface area contributed by atoms with E-state index < -0.39 is 11.9 Å². The molecule has 4 nitrogen and oxygen atoms in total.